The molecule has 0 aliphatic carbocycles. The zero-order valence-electron chi connectivity index (χ0n) is 8.52. The van der Waals surface area contributed by atoms with Crippen molar-refractivity contribution in [2.45, 2.75) is 13.8 Å². The average Bonchev–Trinajstić information content (AvgIpc) is 2.16. The van der Waals surface area contributed by atoms with Gasteiger partial charge in [-0.25, -0.2) is 0 Å². The van der Waals surface area contributed by atoms with E-state index in [1.807, 2.05) is 0 Å². The predicted molar refractivity (Wildman–Crippen MR) is 56.3 cm³/mol. The first kappa shape index (κ1) is 11.6. The molecule has 15 heavy (non-hydrogen) atoms. The molecule has 0 atom stereocenters. The molecule has 0 aliphatic rings. The maximum Gasteiger partial charge on any atom is 0.488 e. The van der Waals surface area contributed by atoms with E-state index in [1.54, 1.807) is 0 Å². The third-order valence-electron chi connectivity index (χ3n) is 2.07. The predicted octanol–water partition coefficient (Wildman–Crippen LogP) is -0.228. The first-order valence-corrected chi connectivity index (χ1v) is 4.45. The van der Waals surface area contributed by atoms with Gasteiger partial charge in [0.15, 0.2) is 11.6 Å². The van der Waals surface area contributed by atoms with Crippen LogP contribution in [0.25, 0.3) is 0 Å². The van der Waals surface area contributed by atoms with Gasteiger partial charge in [0.2, 0.25) is 0 Å². The van der Waals surface area contributed by atoms with Gasteiger partial charge in [0.25, 0.3) is 0 Å². The van der Waals surface area contributed by atoms with Gasteiger partial charge in [0, 0.05) is 11.1 Å². The number of carbonyl (C=O) groups is 2. The van der Waals surface area contributed by atoms with Crippen LogP contribution in [0.2, 0.25) is 0 Å². The molecule has 0 aliphatic heterocycles. The molecule has 0 fully saturated rings. The molecular formula is C10H11BO4. The van der Waals surface area contributed by atoms with E-state index in [0.717, 1.165) is 0 Å². The molecule has 1 aromatic rings. The summed E-state index contributed by atoms with van der Waals surface area (Å²) in [6.45, 7) is 2.71. The molecule has 0 saturated heterocycles. The number of rotatable bonds is 3. The Morgan fingerprint density at radius 2 is 1.40 bits per heavy atom. The fraction of sp³-hybridized carbons (Fsp3) is 0.200. The summed E-state index contributed by atoms with van der Waals surface area (Å²) in [6, 6.07) is 4.16. The van der Waals surface area contributed by atoms with Crippen molar-refractivity contribution in [2.24, 2.45) is 0 Å². The van der Waals surface area contributed by atoms with E-state index in [9.17, 15) is 9.59 Å². The highest BCUT2D eigenvalue weighted by molar-refractivity contribution is 6.58. The molecule has 0 spiro atoms. The molecular weight excluding hydrogens is 195 g/mol. The third kappa shape index (κ3) is 2.74. The molecule has 0 bridgehead atoms. The molecule has 1 aromatic carbocycles. The fourth-order valence-corrected chi connectivity index (χ4v) is 1.21. The van der Waals surface area contributed by atoms with Crippen LogP contribution in [0.3, 0.4) is 0 Å². The van der Waals surface area contributed by atoms with Gasteiger partial charge in [-0.2, -0.15) is 0 Å². The Balaban J connectivity index is 3.32. The van der Waals surface area contributed by atoms with Gasteiger partial charge in [-0.1, -0.05) is 12.1 Å². The molecule has 0 radical (unpaired) electrons. The second kappa shape index (κ2) is 4.38. The molecule has 0 amide bonds. The highest BCUT2D eigenvalue weighted by atomic mass is 16.4. The molecule has 0 aromatic heterocycles. The van der Waals surface area contributed by atoms with Crippen LogP contribution in [-0.2, 0) is 0 Å². The molecule has 0 heterocycles. The third-order valence-corrected chi connectivity index (χ3v) is 2.07. The lowest BCUT2D eigenvalue weighted by molar-refractivity contribution is 0.101. The van der Waals surface area contributed by atoms with Crippen LogP contribution in [0.4, 0.5) is 0 Å². The SMILES string of the molecule is CC(=O)c1cc(B(O)O)cc(C(C)=O)c1. The van der Waals surface area contributed by atoms with Crippen molar-refractivity contribution in [3.05, 3.63) is 29.3 Å². The number of benzene rings is 1. The first-order chi connectivity index (χ1) is 6.91. The normalized spacial score (nSPS) is 9.87. The standard InChI is InChI=1S/C10H11BO4/c1-6(12)8-3-9(7(2)13)5-10(4-8)11(14)15/h3-5,14-15H,1-2H3. The Hall–Kier alpha value is -1.46. The van der Waals surface area contributed by atoms with Crippen LogP contribution in [0.1, 0.15) is 34.6 Å². The second-order valence-electron chi connectivity index (χ2n) is 3.33. The minimum absolute atomic E-state index is 0.146. The zero-order chi connectivity index (χ0) is 11.6. The summed E-state index contributed by atoms with van der Waals surface area (Å²) in [5.41, 5.74) is 0.740. The lowest BCUT2D eigenvalue weighted by Crippen LogP contribution is -2.31. The van der Waals surface area contributed by atoms with Gasteiger partial charge < -0.3 is 10.0 Å². The van der Waals surface area contributed by atoms with E-state index in [1.165, 1.54) is 32.0 Å². The topological polar surface area (TPSA) is 74.6 Å². The Kier molecular flexibility index (Phi) is 3.39. The second-order valence-corrected chi connectivity index (χ2v) is 3.33. The molecule has 2 N–H and O–H groups in total. The minimum Gasteiger partial charge on any atom is -0.423 e. The van der Waals surface area contributed by atoms with Gasteiger partial charge in [-0.05, 0) is 25.4 Å². The maximum atomic E-state index is 11.1. The monoisotopic (exact) mass is 206 g/mol. The van der Waals surface area contributed by atoms with Crippen LogP contribution in [0.15, 0.2) is 18.2 Å². The molecule has 5 heteroatoms. The lowest BCUT2D eigenvalue weighted by atomic mass is 9.78. The summed E-state index contributed by atoms with van der Waals surface area (Å²) in [5, 5.41) is 17.9. The summed E-state index contributed by atoms with van der Waals surface area (Å²) in [6.07, 6.45) is 0. The largest absolute Gasteiger partial charge is 0.488 e. The minimum atomic E-state index is -1.68. The van der Waals surface area contributed by atoms with Gasteiger partial charge in [0.1, 0.15) is 0 Å². The van der Waals surface area contributed by atoms with Crippen LogP contribution in [-0.4, -0.2) is 28.7 Å². The van der Waals surface area contributed by atoms with Crippen molar-refractivity contribution in [1.82, 2.24) is 0 Å². The summed E-state index contributed by atoms with van der Waals surface area (Å²) in [4.78, 5) is 22.2. The zero-order valence-corrected chi connectivity index (χ0v) is 8.52. The van der Waals surface area contributed by atoms with E-state index in [-0.39, 0.29) is 17.0 Å². The fourth-order valence-electron chi connectivity index (χ4n) is 1.21. The first-order valence-electron chi connectivity index (χ1n) is 4.45. The smallest absolute Gasteiger partial charge is 0.423 e. The molecule has 1 rings (SSSR count). The number of hydrogen-bond acceptors (Lipinski definition) is 4. The van der Waals surface area contributed by atoms with E-state index in [2.05, 4.69) is 0 Å². The van der Waals surface area contributed by atoms with Crippen LogP contribution < -0.4 is 5.46 Å². The summed E-state index contributed by atoms with van der Waals surface area (Å²) in [7, 11) is -1.68. The summed E-state index contributed by atoms with van der Waals surface area (Å²) in [5.74, 6) is -0.444. The van der Waals surface area contributed by atoms with Gasteiger partial charge in [-0.15, -0.1) is 0 Å². The van der Waals surface area contributed by atoms with E-state index < -0.39 is 7.12 Å². The highest BCUT2D eigenvalue weighted by Gasteiger charge is 2.15. The quantitative estimate of drug-likeness (QED) is 0.529. The van der Waals surface area contributed by atoms with Crippen molar-refractivity contribution in [3.63, 3.8) is 0 Å². The van der Waals surface area contributed by atoms with Crippen molar-refractivity contribution >= 4 is 24.1 Å². The Morgan fingerprint density at radius 3 is 1.67 bits per heavy atom. The number of Topliss-reactive ketones (excluding diaryl/α,β-unsaturated/α-hetero) is 2. The number of carbonyl (C=O) groups excluding carboxylic acids is 2. The summed E-state index contributed by atoms with van der Waals surface area (Å²) < 4.78 is 0. The Labute approximate surface area is 87.7 Å². The van der Waals surface area contributed by atoms with Gasteiger partial charge in [0.05, 0.1) is 0 Å². The molecule has 0 saturated carbocycles. The van der Waals surface area contributed by atoms with Gasteiger partial charge >= 0.3 is 7.12 Å². The van der Waals surface area contributed by atoms with Crippen molar-refractivity contribution < 1.29 is 19.6 Å². The molecule has 0 unspecified atom stereocenters. The van der Waals surface area contributed by atoms with Crippen LogP contribution in [0, 0.1) is 0 Å². The van der Waals surface area contributed by atoms with Crippen molar-refractivity contribution in [3.8, 4) is 0 Å². The lowest BCUT2D eigenvalue weighted by Gasteiger charge is -2.05. The Morgan fingerprint density at radius 1 is 1.00 bits per heavy atom. The van der Waals surface area contributed by atoms with Gasteiger partial charge in [-0.3, -0.25) is 9.59 Å². The average molecular weight is 206 g/mol. The highest BCUT2D eigenvalue weighted by Crippen LogP contribution is 2.05. The van der Waals surface area contributed by atoms with Crippen LogP contribution in [0.5, 0.6) is 0 Å². The van der Waals surface area contributed by atoms with Crippen molar-refractivity contribution in [1.29, 1.82) is 0 Å². The molecule has 78 valence electrons. The summed E-state index contributed by atoms with van der Waals surface area (Å²) >= 11 is 0. The van der Waals surface area contributed by atoms with E-state index >= 15 is 0 Å². The van der Waals surface area contributed by atoms with E-state index in [4.69, 9.17) is 10.0 Å². The number of hydrogen-bond donors (Lipinski definition) is 2. The number of ketones is 2. The molecule has 4 nitrogen and oxygen atoms in total. The van der Waals surface area contributed by atoms with E-state index in [0.29, 0.717) is 11.1 Å². The van der Waals surface area contributed by atoms with Crippen molar-refractivity contribution in [2.75, 3.05) is 0 Å². The van der Waals surface area contributed by atoms with Crippen LogP contribution >= 0.6 is 0 Å². The Bertz CT molecular complexity index is 380. The maximum absolute atomic E-state index is 11.1.